The number of thioether (sulfide) groups is 1. The molecule has 18 heavy (non-hydrogen) atoms. The van der Waals surface area contributed by atoms with E-state index in [0.29, 0.717) is 31.6 Å². The fraction of sp³-hybridized carbons (Fsp3) is 0.727. The maximum atomic E-state index is 11.9. The quantitative estimate of drug-likeness (QED) is 0.625. The number of amides is 2. The van der Waals surface area contributed by atoms with Gasteiger partial charge in [-0.25, -0.2) is 4.79 Å². The molecule has 0 aromatic rings. The van der Waals surface area contributed by atoms with Crippen molar-refractivity contribution in [1.82, 2.24) is 10.6 Å². The van der Waals surface area contributed by atoms with Crippen LogP contribution in [0.25, 0.3) is 0 Å². The summed E-state index contributed by atoms with van der Waals surface area (Å²) < 4.78 is 0. The summed E-state index contributed by atoms with van der Waals surface area (Å²) in [6.07, 6.45) is 3.09. The van der Waals surface area contributed by atoms with Crippen LogP contribution in [0.4, 0.5) is 0 Å². The van der Waals surface area contributed by atoms with Gasteiger partial charge in [-0.1, -0.05) is 0 Å². The fourth-order valence-corrected chi connectivity index (χ4v) is 2.21. The molecule has 1 saturated heterocycles. The van der Waals surface area contributed by atoms with E-state index in [-0.39, 0.29) is 17.7 Å². The van der Waals surface area contributed by atoms with Crippen molar-refractivity contribution in [3.63, 3.8) is 0 Å². The van der Waals surface area contributed by atoms with E-state index in [1.54, 1.807) is 0 Å². The summed E-state index contributed by atoms with van der Waals surface area (Å²) in [6.45, 7) is 0.291. The zero-order valence-electron chi connectivity index (χ0n) is 10.3. The maximum Gasteiger partial charge on any atom is 0.326 e. The van der Waals surface area contributed by atoms with E-state index in [1.807, 2.05) is 6.26 Å². The first kappa shape index (κ1) is 14.8. The molecule has 0 radical (unpaired) electrons. The van der Waals surface area contributed by atoms with Crippen LogP contribution in [-0.2, 0) is 14.4 Å². The van der Waals surface area contributed by atoms with Crippen LogP contribution in [0.5, 0.6) is 0 Å². The number of carboxylic acids is 1. The van der Waals surface area contributed by atoms with Crippen molar-refractivity contribution < 1.29 is 19.5 Å². The summed E-state index contributed by atoms with van der Waals surface area (Å²) in [7, 11) is 0. The van der Waals surface area contributed by atoms with Gasteiger partial charge >= 0.3 is 5.97 Å². The number of carboxylic acid groups (broad SMARTS) is 1. The Balaban J connectivity index is 2.45. The van der Waals surface area contributed by atoms with E-state index in [1.165, 1.54) is 11.8 Å². The lowest BCUT2D eigenvalue weighted by Gasteiger charge is -2.23. The monoisotopic (exact) mass is 274 g/mol. The van der Waals surface area contributed by atoms with Crippen LogP contribution in [0, 0.1) is 5.92 Å². The molecule has 1 fully saturated rings. The van der Waals surface area contributed by atoms with Gasteiger partial charge in [0.1, 0.15) is 6.04 Å². The van der Waals surface area contributed by atoms with Gasteiger partial charge in [0.2, 0.25) is 11.8 Å². The number of aliphatic carboxylic acids is 1. The highest BCUT2D eigenvalue weighted by Crippen LogP contribution is 2.11. The predicted molar refractivity (Wildman–Crippen MR) is 68.3 cm³/mol. The molecule has 3 N–H and O–H groups in total. The van der Waals surface area contributed by atoms with Crippen molar-refractivity contribution in [3.8, 4) is 0 Å². The lowest BCUT2D eigenvalue weighted by molar-refractivity contribution is -0.143. The van der Waals surface area contributed by atoms with Crippen molar-refractivity contribution in [2.75, 3.05) is 18.6 Å². The highest BCUT2D eigenvalue weighted by molar-refractivity contribution is 7.98. The largest absolute Gasteiger partial charge is 0.480 e. The number of hydrogen-bond donors (Lipinski definition) is 3. The van der Waals surface area contributed by atoms with Gasteiger partial charge in [0, 0.05) is 13.0 Å². The van der Waals surface area contributed by atoms with E-state index in [4.69, 9.17) is 5.11 Å². The standard InChI is InChI=1S/C11H18N2O4S/c1-18-5-4-8(11(16)17)13-10(15)7-2-3-9(14)12-6-7/h7-8H,2-6H2,1H3,(H,12,14)(H,13,15)(H,16,17)/t7?,8-/m1/s1. The van der Waals surface area contributed by atoms with Crippen molar-refractivity contribution in [1.29, 1.82) is 0 Å². The number of carbonyl (C=O) groups excluding carboxylic acids is 2. The van der Waals surface area contributed by atoms with Crippen LogP contribution in [0.3, 0.4) is 0 Å². The van der Waals surface area contributed by atoms with E-state index >= 15 is 0 Å². The van der Waals surface area contributed by atoms with Gasteiger partial charge in [-0.2, -0.15) is 11.8 Å². The van der Waals surface area contributed by atoms with Gasteiger partial charge in [0.15, 0.2) is 0 Å². The second-order valence-corrected chi connectivity index (χ2v) is 5.21. The smallest absolute Gasteiger partial charge is 0.326 e. The van der Waals surface area contributed by atoms with Crippen LogP contribution in [0.15, 0.2) is 0 Å². The van der Waals surface area contributed by atoms with Gasteiger partial charge in [-0.3, -0.25) is 9.59 Å². The van der Waals surface area contributed by atoms with Crippen LogP contribution in [0.1, 0.15) is 19.3 Å². The number of carbonyl (C=O) groups is 3. The van der Waals surface area contributed by atoms with Gasteiger partial charge in [0.25, 0.3) is 0 Å². The van der Waals surface area contributed by atoms with Crippen molar-refractivity contribution >= 4 is 29.5 Å². The van der Waals surface area contributed by atoms with Gasteiger partial charge in [-0.05, 0) is 24.9 Å². The fourth-order valence-electron chi connectivity index (χ4n) is 1.74. The summed E-state index contributed by atoms with van der Waals surface area (Å²) in [5, 5.41) is 14.1. The van der Waals surface area contributed by atoms with E-state index in [2.05, 4.69) is 10.6 Å². The van der Waals surface area contributed by atoms with Crippen LogP contribution >= 0.6 is 11.8 Å². The highest BCUT2D eigenvalue weighted by Gasteiger charge is 2.27. The minimum atomic E-state index is -1.02. The molecule has 2 atom stereocenters. The molecular formula is C11H18N2O4S. The molecule has 7 heteroatoms. The Morgan fingerprint density at radius 1 is 1.61 bits per heavy atom. The molecule has 2 amide bonds. The molecule has 0 bridgehead atoms. The summed E-state index contributed by atoms with van der Waals surface area (Å²) in [5.41, 5.74) is 0. The number of rotatable bonds is 6. The second-order valence-electron chi connectivity index (χ2n) is 4.22. The minimum Gasteiger partial charge on any atom is -0.480 e. The third-order valence-corrected chi connectivity index (χ3v) is 3.51. The summed E-state index contributed by atoms with van der Waals surface area (Å²) in [6, 6.07) is -0.845. The molecule has 6 nitrogen and oxygen atoms in total. The Bertz CT molecular complexity index is 325. The summed E-state index contributed by atoms with van der Waals surface area (Å²) in [4.78, 5) is 33.8. The molecule has 0 spiro atoms. The third-order valence-electron chi connectivity index (χ3n) is 2.86. The van der Waals surface area contributed by atoms with Crippen LogP contribution in [-0.4, -0.2) is 47.5 Å². The van der Waals surface area contributed by atoms with E-state index < -0.39 is 12.0 Å². The summed E-state index contributed by atoms with van der Waals surface area (Å²) in [5.74, 6) is -1.01. The predicted octanol–water partition coefficient (Wildman–Crippen LogP) is -0.165. The number of piperidine rings is 1. The minimum absolute atomic E-state index is 0.0591. The zero-order chi connectivity index (χ0) is 13.5. The van der Waals surface area contributed by atoms with Gasteiger partial charge < -0.3 is 15.7 Å². The van der Waals surface area contributed by atoms with Crippen molar-refractivity contribution in [3.05, 3.63) is 0 Å². The SMILES string of the molecule is CSCC[C@@H](NC(=O)C1CCC(=O)NC1)C(=O)O. The molecule has 1 unspecified atom stereocenters. The maximum absolute atomic E-state index is 11.9. The zero-order valence-corrected chi connectivity index (χ0v) is 11.1. The third kappa shape index (κ3) is 4.56. The topological polar surface area (TPSA) is 95.5 Å². The highest BCUT2D eigenvalue weighted by atomic mass is 32.2. The van der Waals surface area contributed by atoms with E-state index in [9.17, 15) is 14.4 Å². The van der Waals surface area contributed by atoms with Gasteiger partial charge in [0.05, 0.1) is 5.92 Å². The molecule has 0 aromatic carbocycles. The van der Waals surface area contributed by atoms with Gasteiger partial charge in [-0.15, -0.1) is 0 Å². The Morgan fingerprint density at radius 2 is 2.33 bits per heavy atom. The number of hydrogen-bond acceptors (Lipinski definition) is 4. The summed E-state index contributed by atoms with van der Waals surface area (Å²) >= 11 is 1.54. The van der Waals surface area contributed by atoms with Crippen LogP contribution in [0.2, 0.25) is 0 Å². The Kier molecular flexibility index (Phi) is 5.97. The first-order valence-electron chi connectivity index (χ1n) is 5.83. The molecular weight excluding hydrogens is 256 g/mol. The molecule has 0 saturated carbocycles. The lowest BCUT2D eigenvalue weighted by Crippen LogP contribution is -2.48. The number of nitrogens with one attached hydrogen (secondary N) is 2. The van der Waals surface area contributed by atoms with Crippen LogP contribution < -0.4 is 10.6 Å². The Hall–Kier alpha value is -1.24. The van der Waals surface area contributed by atoms with Crippen molar-refractivity contribution in [2.24, 2.45) is 5.92 Å². The van der Waals surface area contributed by atoms with E-state index in [0.717, 1.165) is 0 Å². The molecule has 0 aliphatic carbocycles. The first-order chi connectivity index (χ1) is 8.54. The second kappa shape index (κ2) is 7.25. The molecule has 1 rings (SSSR count). The van der Waals surface area contributed by atoms with Crippen molar-refractivity contribution in [2.45, 2.75) is 25.3 Å². The Labute approximate surface area is 110 Å². The molecule has 1 heterocycles. The molecule has 1 aliphatic rings. The molecule has 1 aliphatic heterocycles. The first-order valence-corrected chi connectivity index (χ1v) is 7.22. The average molecular weight is 274 g/mol. The normalized spacial score (nSPS) is 20.9. The Morgan fingerprint density at radius 3 is 2.83 bits per heavy atom. The molecule has 0 aromatic heterocycles. The lowest BCUT2D eigenvalue weighted by atomic mass is 9.98. The average Bonchev–Trinajstić information content (AvgIpc) is 2.34. The molecule has 102 valence electrons.